The lowest BCUT2D eigenvalue weighted by Crippen LogP contribution is -2.48. The van der Waals surface area contributed by atoms with Gasteiger partial charge in [-0.15, -0.1) is 0 Å². The summed E-state index contributed by atoms with van der Waals surface area (Å²) in [6.07, 6.45) is -12.5. The van der Waals surface area contributed by atoms with Crippen LogP contribution >= 0.6 is 0 Å². The highest BCUT2D eigenvalue weighted by Gasteiger charge is 2.60. The molecule has 252 valence electrons. The van der Waals surface area contributed by atoms with E-state index in [2.05, 4.69) is 30.4 Å². The molecule has 6 N–H and O–H groups in total. The zero-order valence-electron chi connectivity index (χ0n) is 23.9. The summed E-state index contributed by atoms with van der Waals surface area (Å²) in [6.45, 7) is 1.40. The Kier molecular flexibility index (Phi) is 11.1. The molecule has 11 nitrogen and oxygen atoms in total. The summed E-state index contributed by atoms with van der Waals surface area (Å²) in [6, 6.07) is 12.7. The van der Waals surface area contributed by atoms with Gasteiger partial charge < -0.3 is 20.9 Å². The lowest BCUT2D eigenvalue weighted by molar-refractivity contribution is -0.267. The fraction of sp³-hybridized carbons (Fsp3) is 0.250. The fourth-order valence-electron chi connectivity index (χ4n) is 4.01. The molecule has 0 fully saturated rings. The van der Waals surface area contributed by atoms with Gasteiger partial charge in [0.2, 0.25) is 11.7 Å². The standard InChI is InChI=1S/C13H9F4N3O2.C9H8FN3.C6H7F3O3/c14-7-3-1-2-6(4-7)10-9-11(20-19-10)18-8(21)5-12(9,22)13(15,16)17;10-7-3-1-2-6(4-7)8-5-9(11)13-12-8;1-2-12-5(11)3-4(10)6(7,8)9/h1-4,22H,5H2,(H2,18,19,20,21);1-5H,(H3,11,12,13);2-3H2,1H3. The number of carbonyl (C=O) groups excluding carboxylic acids is 3. The quantitative estimate of drug-likeness (QED) is 0.109. The van der Waals surface area contributed by atoms with Gasteiger partial charge in [-0.1, -0.05) is 24.3 Å². The maximum absolute atomic E-state index is 13.3. The maximum atomic E-state index is 13.3. The minimum absolute atomic E-state index is 0.0377. The molecule has 47 heavy (non-hydrogen) atoms. The molecule has 0 radical (unpaired) electrons. The average molecular weight is 677 g/mol. The number of hydrogen-bond acceptors (Lipinski definition) is 8. The van der Waals surface area contributed by atoms with Gasteiger partial charge in [0.1, 0.15) is 23.9 Å². The lowest BCUT2D eigenvalue weighted by Gasteiger charge is -2.33. The number of ketones is 1. The number of anilines is 2. The van der Waals surface area contributed by atoms with E-state index in [9.17, 15) is 54.6 Å². The van der Waals surface area contributed by atoms with E-state index in [1.165, 1.54) is 31.2 Å². The highest BCUT2D eigenvalue weighted by Crippen LogP contribution is 2.49. The van der Waals surface area contributed by atoms with Crippen molar-refractivity contribution in [2.75, 3.05) is 17.7 Å². The number of H-pyrrole nitrogens is 2. The molecule has 0 bridgehead atoms. The molecule has 1 atom stereocenters. The summed E-state index contributed by atoms with van der Waals surface area (Å²) in [7, 11) is 0. The van der Waals surface area contributed by atoms with Crippen molar-refractivity contribution in [3.8, 4) is 22.5 Å². The topological polar surface area (TPSA) is 176 Å². The first-order chi connectivity index (χ1) is 21.9. The van der Waals surface area contributed by atoms with Gasteiger partial charge >= 0.3 is 18.3 Å². The molecule has 0 saturated carbocycles. The number of benzene rings is 2. The number of nitrogens with two attached hydrogens (primary N) is 1. The van der Waals surface area contributed by atoms with Gasteiger partial charge in [0, 0.05) is 17.2 Å². The smallest absolute Gasteiger partial charge is 0.450 e. The zero-order valence-corrected chi connectivity index (χ0v) is 23.9. The van der Waals surface area contributed by atoms with Gasteiger partial charge in [-0.3, -0.25) is 24.6 Å². The number of aromatic nitrogens is 4. The third kappa shape index (κ3) is 9.12. The van der Waals surface area contributed by atoms with Crippen molar-refractivity contribution < 1.29 is 59.4 Å². The van der Waals surface area contributed by atoms with Gasteiger partial charge in [-0.25, -0.2) is 8.78 Å². The van der Waals surface area contributed by atoms with Crippen LogP contribution in [0.15, 0.2) is 54.6 Å². The van der Waals surface area contributed by atoms with E-state index in [1.54, 1.807) is 18.2 Å². The number of fused-ring (bicyclic) bond motifs is 1. The molecule has 0 aliphatic carbocycles. The molecule has 5 rings (SSSR count). The summed E-state index contributed by atoms with van der Waals surface area (Å²) in [5.74, 6) is -5.19. The Morgan fingerprint density at radius 3 is 2.06 bits per heavy atom. The Hall–Kier alpha value is -5.33. The molecular formula is C28H24F8N6O5. The third-order valence-corrected chi connectivity index (χ3v) is 6.10. The number of aromatic amines is 2. The minimum atomic E-state index is -5.09. The summed E-state index contributed by atoms with van der Waals surface area (Å²) >= 11 is 0. The number of nitrogens with one attached hydrogen (secondary N) is 3. The first-order valence-electron chi connectivity index (χ1n) is 13.1. The van der Waals surface area contributed by atoms with E-state index in [0.717, 1.165) is 23.4 Å². The van der Waals surface area contributed by atoms with Crippen LogP contribution < -0.4 is 11.1 Å². The van der Waals surface area contributed by atoms with Gasteiger partial charge in [0.15, 0.2) is 11.4 Å². The van der Waals surface area contributed by atoms with Crippen LogP contribution in [-0.4, -0.2) is 62.1 Å². The number of nitrogens with zero attached hydrogens (tertiary/aromatic N) is 2. The number of halogens is 8. The minimum Gasteiger partial charge on any atom is -0.466 e. The number of hydrogen-bond donors (Lipinski definition) is 5. The van der Waals surface area contributed by atoms with Crippen molar-refractivity contribution in [3.05, 3.63) is 71.8 Å². The Morgan fingerprint density at radius 1 is 0.957 bits per heavy atom. The molecule has 2 aromatic heterocycles. The number of nitrogen functional groups attached to an aromatic ring is 1. The van der Waals surface area contributed by atoms with Crippen LogP contribution in [0.5, 0.6) is 0 Å². The maximum Gasteiger partial charge on any atom is 0.450 e. The van der Waals surface area contributed by atoms with E-state index in [-0.39, 0.29) is 23.7 Å². The number of Topliss-reactive ketones (excluding diaryl/α,β-unsaturated/α-hetero) is 1. The van der Waals surface area contributed by atoms with E-state index in [1.807, 2.05) is 0 Å². The lowest BCUT2D eigenvalue weighted by atomic mass is 9.85. The number of amides is 1. The predicted molar refractivity (Wildman–Crippen MR) is 148 cm³/mol. The number of rotatable bonds is 5. The number of carbonyl (C=O) groups is 3. The van der Waals surface area contributed by atoms with Crippen LogP contribution in [0.3, 0.4) is 0 Å². The van der Waals surface area contributed by atoms with Crippen molar-refractivity contribution in [2.45, 2.75) is 37.7 Å². The molecule has 1 aliphatic rings. The molecule has 0 spiro atoms. The van der Waals surface area contributed by atoms with E-state index < -0.39 is 65.7 Å². The predicted octanol–water partition coefficient (Wildman–Crippen LogP) is 5.18. The van der Waals surface area contributed by atoms with E-state index in [0.29, 0.717) is 5.82 Å². The Labute approximate surface area is 259 Å². The first-order valence-corrected chi connectivity index (χ1v) is 13.1. The number of esters is 1. The molecule has 1 amide bonds. The normalized spacial score (nSPS) is 15.7. The van der Waals surface area contributed by atoms with Crippen LogP contribution in [-0.2, 0) is 24.7 Å². The van der Waals surface area contributed by atoms with Crippen LogP contribution in [0.25, 0.3) is 22.5 Å². The van der Waals surface area contributed by atoms with Crippen molar-refractivity contribution >= 4 is 29.3 Å². The fourth-order valence-corrected chi connectivity index (χ4v) is 4.01. The second kappa shape index (κ2) is 14.4. The van der Waals surface area contributed by atoms with Crippen LogP contribution in [0, 0.1) is 11.6 Å². The molecule has 1 aliphatic heterocycles. The van der Waals surface area contributed by atoms with E-state index >= 15 is 0 Å². The Bertz CT molecular complexity index is 1740. The van der Waals surface area contributed by atoms with E-state index in [4.69, 9.17) is 5.73 Å². The zero-order chi connectivity index (χ0) is 35.2. The van der Waals surface area contributed by atoms with Crippen LogP contribution in [0.4, 0.5) is 46.8 Å². The first kappa shape index (κ1) is 36.1. The van der Waals surface area contributed by atoms with Crippen LogP contribution in [0.1, 0.15) is 25.3 Å². The molecule has 19 heteroatoms. The SMILES string of the molecule is CCOC(=O)CC(=O)C(F)(F)F.Nc1cc(-c2cccc(F)c2)[nH]n1.O=C1CC(O)(C(F)(F)F)c2c(n[nH]c2-c2cccc(F)c2)N1. The van der Waals surface area contributed by atoms with Crippen molar-refractivity contribution in [1.82, 2.24) is 20.4 Å². The summed E-state index contributed by atoms with van der Waals surface area (Å²) < 4.78 is 105. The molecule has 0 saturated heterocycles. The van der Waals surface area contributed by atoms with Gasteiger partial charge in [0.25, 0.3) is 0 Å². The second-order valence-corrected chi connectivity index (χ2v) is 9.54. The van der Waals surface area contributed by atoms with Crippen LogP contribution in [0.2, 0.25) is 0 Å². The summed E-state index contributed by atoms with van der Waals surface area (Å²) in [5.41, 5.74) is 2.74. The third-order valence-electron chi connectivity index (χ3n) is 6.10. The largest absolute Gasteiger partial charge is 0.466 e. The van der Waals surface area contributed by atoms with Gasteiger partial charge in [-0.2, -0.15) is 36.5 Å². The molecule has 3 heterocycles. The Balaban J connectivity index is 0.000000207. The number of ether oxygens (including phenoxy) is 1. The monoisotopic (exact) mass is 676 g/mol. The summed E-state index contributed by atoms with van der Waals surface area (Å²) in [4.78, 5) is 31.9. The Morgan fingerprint density at radius 2 is 1.55 bits per heavy atom. The average Bonchev–Trinajstić information content (AvgIpc) is 3.59. The second-order valence-electron chi connectivity index (χ2n) is 9.54. The highest BCUT2D eigenvalue weighted by molar-refractivity contribution is 5.98. The molecule has 2 aromatic carbocycles. The van der Waals surface area contributed by atoms with Crippen molar-refractivity contribution in [1.29, 1.82) is 0 Å². The van der Waals surface area contributed by atoms with Gasteiger partial charge in [0.05, 0.1) is 30.0 Å². The molecular weight excluding hydrogens is 652 g/mol. The number of alkyl halides is 6. The summed E-state index contributed by atoms with van der Waals surface area (Å²) in [5, 5.41) is 24.6. The van der Waals surface area contributed by atoms with Crippen molar-refractivity contribution in [2.24, 2.45) is 0 Å². The number of aliphatic hydroxyl groups is 1. The molecule has 4 aromatic rings. The highest BCUT2D eigenvalue weighted by atomic mass is 19.4. The molecule has 1 unspecified atom stereocenters. The van der Waals surface area contributed by atoms with Gasteiger partial charge in [-0.05, 0) is 31.2 Å². The van der Waals surface area contributed by atoms with Crippen molar-refractivity contribution in [3.63, 3.8) is 0 Å².